The van der Waals surface area contributed by atoms with Gasteiger partial charge < -0.3 is 9.11 Å². The maximum atomic E-state index is 11.1. The largest absolute Gasteiger partial charge is 0.744 e. The Morgan fingerprint density at radius 2 is 0.923 bits per heavy atom. The van der Waals surface area contributed by atoms with Gasteiger partial charge in [0, 0.05) is 0 Å². The van der Waals surface area contributed by atoms with E-state index in [1.807, 2.05) is 13.8 Å². The van der Waals surface area contributed by atoms with Gasteiger partial charge in [-0.2, -0.15) is 0 Å². The molecular weight excluding hydrogens is 376 g/mol. The molecule has 0 aliphatic carbocycles. The molecule has 0 fully saturated rings. The highest BCUT2D eigenvalue weighted by Gasteiger charge is 2.22. The molecular formula is C18H20O6S2-2. The summed E-state index contributed by atoms with van der Waals surface area (Å²) in [5.41, 5.74) is 1.79. The van der Waals surface area contributed by atoms with Crippen LogP contribution in [0.4, 0.5) is 0 Å². The van der Waals surface area contributed by atoms with Gasteiger partial charge in [0.25, 0.3) is 0 Å². The van der Waals surface area contributed by atoms with E-state index < -0.39 is 20.2 Å². The van der Waals surface area contributed by atoms with Gasteiger partial charge in [-0.1, -0.05) is 38.1 Å². The smallest absolute Gasteiger partial charge is 0.124 e. The second kappa shape index (κ2) is 7.87. The summed E-state index contributed by atoms with van der Waals surface area (Å²) in [5.74, 6) is 0.108. The number of benzene rings is 2. The monoisotopic (exact) mass is 396 g/mol. The van der Waals surface area contributed by atoms with E-state index in [4.69, 9.17) is 0 Å². The van der Waals surface area contributed by atoms with Gasteiger partial charge in [0.2, 0.25) is 0 Å². The fraction of sp³-hybridized carbons (Fsp3) is 0.333. The van der Waals surface area contributed by atoms with Crippen LogP contribution in [-0.4, -0.2) is 25.9 Å². The van der Waals surface area contributed by atoms with Crippen LogP contribution < -0.4 is 0 Å². The molecule has 6 nitrogen and oxygen atoms in total. The molecule has 0 bridgehead atoms. The van der Waals surface area contributed by atoms with Crippen molar-refractivity contribution in [3.05, 3.63) is 59.7 Å². The second-order valence-electron chi connectivity index (χ2n) is 6.08. The molecule has 2 unspecified atom stereocenters. The third kappa shape index (κ3) is 4.70. The van der Waals surface area contributed by atoms with Crippen LogP contribution >= 0.6 is 0 Å². The van der Waals surface area contributed by atoms with Crippen molar-refractivity contribution in [3.63, 3.8) is 0 Å². The average Bonchev–Trinajstić information content (AvgIpc) is 2.58. The van der Waals surface area contributed by atoms with Crippen LogP contribution in [0.25, 0.3) is 0 Å². The Morgan fingerprint density at radius 3 is 1.12 bits per heavy atom. The summed E-state index contributed by atoms with van der Waals surface area (Å²) >= 11 is 0. The molecule has 2 aromatic rings. The minimum absolute atomic E-state index is 0.0538. The minimum atomic E-state index is -4.49. The van der Waals surface area contributed by atoms with Gasteiger partial charge in [-0.05, 0) is 60.1 Å². The third-order valence-electron chi connectivity index (χ3n) is 4.56. The van der Waals surface area contributed by atoms with Crippen molar-refractivity contribution in [1.29, 1.82) is 0 Å². The first-order chi connectivity index (χ1) is 12.1. The van der Waals surface area contributed by atoms with Crippen molar-refractivity contribution < 1.29 is 25.9 Å². The van der Waals surface area contributed by atoms with Crippen LogP contribution in [0.3, 0.4) is 0 Å². The van der Waals surface area contributed by atoms with Crippen LogP contribution in [0.2, 0.25) is 0 Å². The molecule has 0 aliphatic heterocycles. The molecule has 0 spiro atoms. The lowest BCUT2D eigenvalue weighted by Crippen LogP contribution is -2.11. The van der Waals surface area contributed by atoms with Crippen LogP contribution in [0.1, 0.15) is 49.7 Å². The molecule has 142 valence electrons. The average molecular weight is 396 g/mol. The zero-order valence-corrected chi connectivity index (χ0v) is 16.1. The minimum Gasteiger partial charge on any atom is -0.744 e. The number of hydrogen-bond donors (Lipinski definition) is 0. The second-order valence-corrected chi connectivity index (χ2v) is 8.84. The highest BCUT2D eigenvalue weighted by molar-refractivity contribution is 7.86. The van der Waals surface area contributed by atoms with E-state index in [1.54, 1.807) is 24.3 Å². The maximum absolute atomic E-state index is 11.1. The normalized spacial score (nSPS) is 14.8. The van der Waals surface area contributed by atoms with E-state index in [2.05, 4.69) is 0 Å². The van der Waals surface area contributed by atoms with E-state index in [-0.39, 0.29) is 21.6 Å². The number of rotatable bonds is 7. The first kappa shape index (κ1) is 20.6. The molecule has 0 N–H and O–H groups in total. The quantitative estimate of drug-likeness (QED) is 0.664. The van der Waals surface area contributed by atoms with Gasteiger partial charge >= 0.3 is 0 Å². The van der Waals surface area contributed by atoms with Crippen molar-refractivity contribution >= 4 is 20.2 Å². The topological polar surface area (TPSA) is 114 Å². The lowest BCUT2D eigenvalue weighted by atomic mass is 9.78. The van der Waals surface area contributed by atoms with E-state index in [0.717, 1.165) is 24.0 Å². The molecule has 0 aliphatic rings. The predicted octanol–water partition coefficient (Wildman–Crippen LogP) is 3.18. The van der Waals surface area contributed by atoms with Crippen LogP contribution in [0, 0.1) is 0 Å². The number of hydrogen-bond acceptors (Lipinski definition) is 6. The van der Waals surface area contributed by atoms with Gasteiger partial charge in [0.05, 0.1) is 9.79 Å². The highest BCUT2D eigenvalue weighted by Crippen LogP contribution is 2.38. The van der Waals surface area contributed by atoms with Gasteiger partial charge in [-0.3, -0.25) is 0 Å². The zero-order chi connectivity index (χ0) is 19.5. The maximum Gasteiger partial charge on any atom is 0.124 e. The molecule has 2 aromatic carbocycles. The molecule has 0 amide bonds. The Kier molecular flexibility index (Phi) is 6.23. The van der Waals surface area contributed by atoms with Crippen LogP contribution in [0.15, 0.2) is 58.3 Å². The van der Waals surface area contributed by atoms with Crippen LogP contribution in [-0.2, 0) is 20.2 Å². The van der Waals surface area contributed by atoms with Gasteiger partial charge in [0.1, 0.15) is 20.2 Å². The van der Waals surface area contributed by atoms with Crippen molar-refractivity contribution in [3.8, 4) is 0 Å². The summed E-state index contributed by atoms with van der Waals surface area (Å²) in [6.45, 7) is 4.00. The van der Waals surface area contributed by atoms with Crippen molar-refractivity contribution in [2.24, 2.45) is 0 Å². The standard InChI is InChI=1S/C18H22O6S2/c1-3-17(13-5-9-15(10-6-13)25(19,20)21)18(4-2)14-7-11-16(12-8-14)26(22,23)24/h5-12,17-18H,3-4H2,1-2H3,(H,19,20,21)(H,22,23,24)/p-2. The highest BCUT2D eigenvalue weighted by atomic mass is 32.2. The molecule has 0 heterocycles. The first-order valence-electron chi connectivity index (χ1n) is 8.19. The summed E-state index contributed by atoms with van der Waals surface area (Å²) in [7, 11) is -8.97. The Bertz CT molecular complexity index is 864. The van der Waals surface area contributed by atoms with Crippen molar-refractivity contribution in [2.45, 2.75) is 48.3 Å². The van der Waals surface area contributed by atoms with E-state index in [1.165, 1.54) is 24.3 Å². The van der Waals surface area contributed by atoms with E-state index >= 15 is 0 Å². The molecule has 0 saturated heterocycles. The molecule has 2 rings (SSSR count). The zero-order valence-electron chi connectivity index (χ0n) is 14.5. The molecule has 26 heavy (non-hydrogen) atoms. The predicted molar refractivity (Wildman–Crippen MR) is 94.9 cm³/mol. The fourth-order valence-electron chi connectivity index (χ4n) is 3.27. The first-order valence-corrected chi connectivity index (χ1v) is 11.0. The van der Waals surface area contributed by atoms with Crippen molar-refractivity contribution in [2.75, 3.05) is 0 Å². The van der Waals surface area contributed by atoms with E-state index in [9.17, 15) is 25.9 Å². The summed E-state index contributed by atoms with van der Waals surface area (Å²) in [5, 5.41) is 0. The Morgan fingerprint density at radius 1 is 0.654 bits per heavy atom. The van der Waals surface area contributed by atoms with Crippen molar-refractivity contribution in [1.82, 2.24) is 0 Å². The lowest BCUT2D eigenvalue weighted by molar-refractivity contribution is 0.460. The molecule has 0 aromatic heterocycles. The van der Waals surface area contributed by atoms with Crippen LogP contribution in [0.5, 0.6) is 0 Å². The van der Waals surface area contributed by atoms with Gasteiger partial charge in [-0.25, -0.2) is 16.8 Å². The molecule has 0 saturated carbocycles. The van der Waals surface area contributed by atoms with E-state index in [0.29, 0.717) is 0 Å². The Hall–Kier alpha value is -1.74. The summed E-state index contributed by atoms with van der Waals surface area (Å²) in [4.78, 5) is -0.539. The van der Waals surface area contributed by atoms with Gasteiger partial charge in [0.15, 0.2) is 0 Å². The summed E-state index contributed by atoms with van der Waals surface area (Å²) < 4.78 is 66.5. The lowest BCUT2D eigenvalue weighted by Gasteiger charge is -2.27. The summed E-state index contributed by atoms with van der Waals surface area (Å²) in [6, 6.07) is 11.8. The summed E-state index contributed by atoms with van der Waals surface area (Å²) in [6.07, 6.45) is 1.53. The van der Waals surface area contributed by atoms with Gasteiger partial charge in [-0.15, -0.1) is 0 Å². The molecule has 8 heteroatoms. The third-order valence-corrected chi connectivity index (χ3v) is 6.26. The SMILES string of the molecule is CCC(c1ccc(S(=O)(=O)[O-])cc1)C(CC)c1ccc(S(=O)(=O)[O-])cc1. The Labute approximate surface area is 154 Å². The Balaban J connectivity index is 2.37. The molecule has 2 atom stereocenters. The fourth-order valence-corrected chi connectivity index (χ4v) is 4.21. The molecule has 0 radical (unpaired) electrons.